The average Bonchev–Trinajstić information content (AvgIpc) is 2.46. The third-order valence-corrected chi connectivity index (χ3v) is 2.93. The molecular formula is C5H10OS. The van der Waals surface area contributed by atoms with E-state index in [0.29, 0.717) is 11.4 Å². The summed E-state index contributed by atoms with van der Waals surface area (Å²) in [6, 6.07) is 0. The first-order valence-corrected chi connectivity index (χ1v) is 3.71. The van der Waals surface area contributed by atoms with E-state index in [1.54, 1.807) is 11.8 Å². The van der Waals surface area contributed by atoms with Crippen LogP contribution >= 0.6 is 11.8 Å². The van der Waals surface area contributed by atoms with E-state index in [0.717, 1.165) is 0 Å². The van der Waals surface area contributed by atoms with Gasteiger partial charge in [0.2, 0.25) is 0 Å². The molecule has 1 aliphatic carbocycles. The second-order valence-corrected chi connectivity index (χ2v) is 3.32. The Balaban J connectivity index is 2.28. The molecule has 0 aromatic carbocycles. The largest absolute Gasteiger partial charge is 0.395 e. The molecule has 0 spiro atoms. The maximum absolute atomic E-state index is 8.64. The summed E-state index contributed by atoms with van der Waals surface area (Å²) >= 11 is 1.79. The topological polar surface area (TPSA) is 20.2 Å². The van der Waals surface area contributed by atoms with Gasteiger partial charge in [-0.1, -0.05) is 0 Å². The lowest BCUT2D eigenvalue weighted by Gasteiger charge is -2.03. The first kappa shape index (κ1) is 5.45. The molecule has 0 unspecified atom stereocenters. The van der Waals surface area contributed by atoms with E-state index < -0.39 is 0 Å². The highest BCUT2D eigenvalue weighted by molar-refractivity contribution is 8.00. The maximum Gasteiger partial charge on any atom is 0.0578 e. The standard InChI is InChI=1S/C5H10OS/c1-7-5(4-6)2-3-5/h6H,2-4H2,1H3. The van der Waals surface area contributed by atoms with Gasteiger partial charge in [0.25, 0.3) is 0 Å². The molecule has 1 saturated carbocycles. The molecule has 7 heavy (non-hydrogen) atoms. The molecule has 0 radical (unpaired) electrons. The number of hydrogen-bond acceptors (Lipinski definition) is 2. The summed E-state index contributed by atoms with van der Waals surface area (Å²) in [5, 5.41) is 8.64. The van der Waals surface area contributed by atoms with Gasteiger partial charge in [-0.05, 0) is 19.1 Å². The van der Waals surface area contributed by atoms with Crippen LogP contribution in [0.3, 0.4) is 0 Å². The lowest BCUT2D eigenvalue weighted by atomic mass is 10.5. The first-order chi connectivity index (χ1) is 3.33. The van der Waals surface area contributed by atoms with Crippen molar-refractivity contribution in [3.05, 3.63) is 0 Å². The van der Waals surface area contributed by atoms with Gasteiger partial charge in [-0.15, -0.1) is 0 Å². The van der Waals surface area contributed by atoms with Crippen molar-refractivity contribution in [3.8, 4) is 0 Å². The van der Waals surface area contributed by atoms with Crippen molar-refractivity contribution in [3.63, 3.8) is 0 Å². The van der Waals surface area contributed by atoms with Crippen molar-refractivity contribution in [2.24, 2.45) is 0 Å². The molecule has 0 aliphatic heterocycles. The summed E-state index contributed by atoms with van der Waals surface area (Å²) in [6.45, 7) is 0.369. The van der Waals surface area contributed by atoms with Gasteiger partial charge in [0.1, 0.15) is 0 Å². The summed E-state index contributed by atoms with van der Waals surface area (Å²) in [6.07, 6.45) is 4.48. The van der Waals surface area contributed by atoms with Crippen LogP contribution in [0.25, 0.3) is 0 Å². The Morgan fingerprint density at radius 3 is 2.29 bits per heavy atom. The highest BCUT2D eigenvalue weighted by Gasteiger charge is 2.40. The van der Waals surface area contributed by atoms with Crippen molar-refractivity contribution >= 4 is 11.8 Å². The van der Waals surface area contributed by atoms with Crippen molar-refractivity contribution in [2.45, 2.75) is 17.6 Å². The normalized spacial score (nSPS) is 24.9. The minimum absolute atomic E-state index is 0.306. The lowest BCUT2D eigenvalue weighted by molar-refractivity contribution is 0.289. The predicted molar refractivity (Wildman–Crippen MR) is 32.6 cm³/mol. The zero-order valence-corrected chi connectivity index (χ0v) is 5.29. The molecule has 1 fully saturated rings. The summed E-state index contributed by atoms with van der Waals surface area (Å²) in [5.74, 6) is 0. The molecule has 1 nitrogen and oxygen atoms in total. The quantitative estimate of drug-likeness (QED) is 0.580. The van der Waals surface area contributed by atoms with Crippen molar-refractivity contribution in [2.75, 3.05) is 12.9 Å². The van der Waals surface area contributed by atoms with Crippen LogP contribution in [0.4, 0.5) is 0 Å². The van der Waals surface area contributed by atoms with Crippen molar-refractivity contribution in [1.29, 1.82) is 0 Å². The minimum Gasteiger partial charge on any atom is -0.395 e. The fourth-order valence-corrected chi connectivity index (χ4v) is 1.21. The van der Waals surface area contributed by atoms with Crippen LogP contribution in [0.1, 0.15) is 12.8 Å². The third-order valence-electron chi connectivity index (χ3n) is 1.53. The number of aliphatic hydroxyl groups excluding tert-OH is 1. The SMILES string of the molecule is CSC1(CO)CC1. The molecule has 0 heterocycles. The molecule has 1 N–H and O–H groups in total. The number of aliphatic hydroxyl groups is 1. The van der Waals surface area contributed by atoms with Crippen LogP contribution in [0.15, 0.2) is 0 Å². The molecular weight excluding hydrogens is 108 g/mol. The van der Waals surface area contributed by atoms with Gasteiger partial charge in [0.15, 0.2) is 0 Å². The molecule has 42 valence electrons. The van der Waals surface area contributed by atoms with E-state index in [1.807, 2.05) is 0 Å². The van der Waals surface area contributed by atoms with E-state index in [4.69, 9.17) is 5.11 Å². The Morgan fingerprint density at radius 1 is 1.71 bits per heavy atom. The molecule has 0 aromatic rings. The Bertz CT molecular complexity index is 62.5. The van der Waals surface area contributed by atoms with Gasteiger partial charge in [0, 0.05) is 4.75 Å². The Kier molecular flexibility index (Phi) is 1.30. The first-order valence-electron chi connectivity index (χ1n) is 2.49. The number of rotatable bonds is 2. The van der Waals surface area contributed by atoms with E-state index in [1.165, 1.54) is 12.8 Å². The Hall–Kier alpha value is 0.310. The molecule has 0 aromatic heterocycles. The molecule has 0 amide bonds. The van der Waals surface area contributed by atoms with Crippen LogP contribution in [0.5, 0.6) is 0 Å². The van der Waals surface area contributed by atoms with Crippen LogP contribution < -0.4 is 0 Å². The molecule has 0 bridgehead atoms. The van der Waals surface area contributed by atoms with Crippen LogP contribution in [0.2, 0.25) is 0 Å². The zero-order chi connectivity index (χ0) is 5.33. The maximum atomic E-state index is 8.64. The van der Waals surface area contributed by atoms with Gasteiger partial charge in [0.05, 0.1) is 6.61 Å². The van der Waals surface area contributed by atoms with Gasteiger partial charge in [-0.25, -0.2) is 0 Å². The Morgan fingerprint density at radius 2 is 2.29 bits per heavy atom. The van der Waals surface area contributed by atoms with E-state index in [-0.39, 0.29) is 0 Å². The van der Waals surface area contributed by atoms with Gasteiger partial charge in [-0.2, -0.15) is 11.8 Å². The average molecular weight is 118 g/mol. The molecule has 0 saturated heterocycles. The molecule has 0 atom stereocenters. The van der Waals surface area contributed by atoms with Crippen LogP contribution in [-0.4, -0.2) is 22.7 Å². The van der Waals surface area contributed by atoms with E-state index in [2.05, 4.69) is 6.26 Å². The van der Waals surface area contributed by atoms with Gasteiger partial charge in [-0.3, -0.25) is 0 Å². The molecule has 1 aliphatic rings. The van der Waals surface area contributed by atoms with Gasteiger partial charge >= 0.3 is 0 Å². The van der Waals surface area contributed by atoms with Crippen LogP contribution in [0, 0.1) is 0 Å². The van der Waals surface area contributed by atoms with E-state index in [9.17, 15) is 0 Å². The molecule has 1 rings (SSSR count). The Labute approximate surface area is 48.1 Å². The van der Waals surface area contributed by atoms with Crippen molar-refractivity contribution in [1.82, 2.24) is 0 Å². The second kappa shape index (κ2) is 1.67. The molecule has 2 heteroatoms. The van der Waals surface area contributed by atoms with Crippen LogP contribution in [-0.2, 0) is 0 Å². The lowest BCUT2D eigenvalue weighted by Crippen LogP contribution is -2.06. The summed E-state index contributed by atoms with van der Waals surface area (Å²) < 4.78 is 0.306. The highest BCUT2D eigenvalue weighted by Crippen LogP contribution is 2.46. The second-order valence-electron chi connectivity index (χ2n) is 2.05. The summed E-state index contributed by atoms with van der Waals surface area (Å²) in [7, 11) is 0. The number of hydrogen-bond donors (Lipinski definition) is 1. The van der Waals surface area contributed by atoms with E-state index >= 15 is 0 Å². The minimum atomic E-state index is 0.306. The number of thioether (sulfide) groups is 1. The summed E-state index contributed by atoms with van der Waals surface area (Å²) in [5.41, 5.74) is 0. The third kappa shape index (κ3) is 0.916. The van der Waals surface area contributed by atoms with Crippen molar-refractivity contribution < 1.29 is 5.11 Å². The summed E-state index contributed by atoms with van der Waals surface area (Å²) in [4.78, 5) is 0. The highest BCUT2D eigenvalue weighted by atomic mass is 32.2. The predicted octanol–water partition coefficient (Wildman–Crippen LogP) is 0.874. The fraction of sp³-hybridized carbons (Fsp3) is 1.00. The monoisotopic (exact) mass is 118 g/mol. The smallest absolute Gasteiger partial charge is 0.0578 e. The zero-order valence-electron chi connectivity index (χ0n) is 4.48. The fourth-order valence-electron chi connectivity index (χ4n) is 0.566. The van der Waals surface area contributed by atoms with Gasteiger partial charge < -0.3 is 5.11 Å².